The Morgan fingerprint density at radius 2 is 1.64 bits per heavy atom. The van der Waals surface area contributed by atoms with Gasteiger partial charge in [0, 0.05) is 5.57 Å². The molecule has 0 aliphatic heterocycles. The molecule has 1 rings (SSSR count). The van der Waals surface area contributed by atoms with Crippen molar-refractivity contribution in [1.29, 1.82) is 0 Å². The minimum atomic E-state index is -1.73. The van der Waals surface area contributed by atoms with Gasteiger partial charge >= 0.3 is 6.43 Å². The Hall–Kier alpha value is -1.18. The van der Waals surface area contributed by atoms with E-state index in [1.165, 1.54) is 0 Å². The second-order valence-electron chi connectivity index (χ2n) is 2.10. The van der Waals surface area contributed by atoms with Crippen LogP contribution in [0.3, 0.4) is 0 Å². The number of hydrogen-bond donors (Lipinski definition) is 0. The number of hydrogen-bond acceptors (Lipinski definition) is 0. The van der Waals surface area contributed by atoms with Crippen LogP contribution in [-0.4, -0.2) is 0 Å². The highest BCUT2D eigenvalue weighted by Gasteiger charge is 2.11. The van der Waals surface area contributed by atoms with Crippen LogP contribution in [-0.2, 0) is 0 Å². The van der Waals surface area contributed by atoms with E-state index in [9.17, 15) is 8.78 Å². The zero-order valence-corrected chi connectivity index (χ0v) is 5.85. The summed E-state index contributed by atoms with van der Waals surface area (Å²) in [5.41, 5.74) is 0.262. The second-order valence-corrected chi connectivity index (χ2v) is 2.10. The standard InChI is InChI=1S/C9H7F2/c1-7(9(10)11)8-5-3-2-4-6-8/h2-6H,1H2. The Kier molecular flexibility index (Phi) is 2.36. The first-order chi connectivity index (χ1) is 5.22. The molecule has 0 atom stereocenters. The molecule has 0 bridgehead atoms. The summed E-state index contributed by atoms with van der Waals surface area (Å²) in [6.07, 6.45) is -1.73. The van der Waals surface area contributed by atoms with E-state index in [0.717, 1.165) is 0 Å². The molecule has 0 unspecified atom stereocenters. The zero-order chi connectivity index (χ0) is 8.27. The fourth-order valence-corrected chi connectivity index (χ4v) is 0.748. The molecular weight excluding hydrogens is 146 g/mol. The summed E-state index contributed by atoms with van der Waals surface area (Å²) in [6.45, 7) is 3.24. The minimum Gasteiger partial charge on any atom is -0.194 e. The predicted octanol–water partition coefficient (Wildman–Crippen LogP) is 3.13. The summed E-state index contributed by atoms with van der Waals surface area (Å²) >= 11 is 0. The van der Waals surface area contributed by atoms with Crippen LogP contribution in [0.5, 0.6) is 0 Å². The van der Waals surface area contributed by atoms with E-state index in [1.807, 2.05) is 0 Å². The third-order valence-corrected chi connectivity index (χ3v) is 1.35. The van der Waals surface area contributed by atoms with Crippen molar-refractivity contribution in [2.24, 2.45) is 0 Å². The topological polar surface area (TPSA) is 0 Å². The number of halogens is 2. The fraction of sp³-hybridized carbons (Fsp3) is 0. The lowest BCUT2D eigenvalue weighted by Crippen LogP contribution is -1.85. The largest absolute Gasteiger partial charge is 0.339 e. The molecule has 1 aromatic rings. The molecule has 0 amide bonds. The lowest BCUT2D eigenvalue weighted by Gasteiger charge is -2.00. The van der Waals surface area contributed by atoms with Crippen molar-refractivity contribution >= 4 is 5.57 Å². The van der Waals surface area contributed by atoms with Gasteiger partial charge in [-0.25, -0.2) is 0 Å². The van der Waals surface area contributed by atoms with Crippen LogP contribution >= 0.6 is 0 Å². The highest BCUT2D eigenvalue weighted by molar-refractivity contribution is 5.70. The molecule has 0 saturated carbocycles. The molecular formula is C9H7F2. The van der Waals surface area contributed by atoms with Crippen LogP contribution in [0.25, 0.3) is 5.57 Å². The van der Waals surface area contributed by atoms with Gasteiger partial charge in [0.25, 0.3) is 0 Å². The Balaban J connectivity index is 2.86. The van der Waals surface area contributed by atoms with Crippen LogP contribution in [0, 0.1) is 6.43 Å². The lowest BCUT2D eigenvalue weighted by molar-refractivity contribution is 0.343. The molecule has 11 heavy (non-hydrogen) atoms. The monoisotopic (exact) mass is 153 g/mol. The van der Waals surface area contributed by atoms with E-state index in [1.54, 1.807) is 30.3 Å². The van der Waals surface area contributed by atoms with Gasteiger partial charge in [-0.3, -0.25) is 0 Å². The van der Waals surface area contributed by atoms with E-state index in [4.69, 9.17) is 0 Å². The molecule has 0 fully saturated rings. The van der Waals surface area contributed by atoms with Gasteiger partial charge in [0.05, 0.1) is 0 Å². The molecule has 1 aromatic carbocycles. The van der Waals surface area contributed by atoms with Crippen molar-refractivity contribution in [3.8, 4) is 0 Å². The molecule has 0 aromatic heterocycles. The van der Waals surface area contributed by atoms with Gasteiger partial charge in [0.15, 0.2) is 0 Å². The van der Waals surface area contributed by atoms with E-state index in [0.29, 0.717) is 5.56 Å². The molecule has 0 spiro atoms. The molecule has 0 saturated heterocycles. The minimum absolute atomic E-state index is 0.203. The van der Waals surface area contributed by atoms with Gasteiger partial charge in [0.1, 0.15) is 0 Å². The number of allylic oxidation sites excluding steroid dienone is 1. The zero-order valence-electron chi connectivity index (χ0n) is 5.85. The Bertz CT molecular complexity index is 239. The molecule has 0 heterocycles. The lowest BCUT2D eigenvalue weighted by atomic mass is 10.1. The third-order valence-electron chi connectivity index (χ3n) is 1.35. The summed E-state index contributed by atoms with van der Waals surface area (Å²) in [5.74, 6) is 0. The van der Waals surface area contributed by atoms with Crippen molar-refractivity contribution in [2.75, 3.05) is 0 Å². The summed E-state index contributed by atoms with van der Waals surface area (Å²) in [7, 11) is 0. The predicted molar refractivity (Wildman–Crippen MR) is 40.9 cm³/mol. The number of rotatable bonds is 2. The quantitative estimate of drug-likeness (QED) is 0.612. The second kappa shape index (κ2) is 3.28. The van der Waals surface area contributed by atoms with Gasteiger partial charge in [0.2, 0.25) is 0 Å². The highest BCUT2D eigenvalue weighted by Crippen LogP contribution is 2.24. The van der Waals surface area contributed by atoms with Crippen molar-refractivity contribution < 1.29 is 8.78 Å². The molecule has 2 heteroatoms. The van der Waals surface area contributed by atoms with Crippen LogP contribution in [0.4, 0.5) is 8.78 Å². The van der Waals surface area contributed by atoms with Crippen LogP contribution in [0.1, 0.15) is 5.56 Å². The van der Waals surface area contributed by atoms with Gasteiger partial charge in [-0.05, 0) is 5.56 Å². The van der Waals surface area contributed by atoms with Gasteiger partial charge in [-0.1, -0.05) is 36.9 Å². The molecule has 0 nitrogen and oxygen atoms in total. The summed E-state index contributed by atoms with van der Waals surface area (Å²) in [6, 6.07) is 8.36. The maximum atomic E-state index is 11.9. The Labute approximate surface area is 64.2 Å². The summed E-state index contributed by atoms with van der Waals surface area (Å²) in [4.78, 5) is 0. The fourth-order valence-electron chi connectivity index (χ4n) is 0.748. The highest BCUT2D eigenvalue weighted by atomic mass is 19.3. The van der Waals surface area contributed by atoms with Crippen molar-refractivity contribution in [3.63, 3.8) is 0 Å². The maximum absolute atomic E-state index is 11.9. The van der Waals surface area contributed by atoms with Crippen LogP contribution in [0.2, 0.25) is 0 Å². The first-order valence-corrected chi connectivity index (χ1v) is 3.14. The first kappa shape index (κ1) is 7.92. The van der Waals surface area contributed by atoms with E-state index in [-0.39, 0.29) is 5.57 Å². The molecule has 0 aliphatic carbocycles. The first-order valence-electron chi connectivity index (χ1n) is 3.14. The van der Waals surface area contributed by atoms with Crippen molar-refractivity contribution in [2.45, 2.75) is 0 Å². The van der Waals surface area contributed by atoms with Crippen molar-refractivity contribution in [3.05, 3.63) is 48.9 Å². The van der Waals surface area contributed by atoms with Crippen LogP contribution in [0.15, 0.2) is 36.9 Å². The SMILES string of the molecule is C=C([C](F)F)c1ccccc1. The smallest absolute Gasteiger partial charge is 0.194 e. The Morgan fingerprint density at radius 3 is 2.09 bits per heavy atom. The molecule has 1 radical (unpaired) electrons. The average Bonchev–Trinajstić information content (AvgIpc) is 2.05. The molecule has 0 aliphatic rings. The van der Waals surface area contributed by atoms with Gasteiger partial charge in [-0.2, -0.15) is 8.78 Å². The Morgan fingerprint density at radius 1 is 1.09 bits per heavy atom. The normalized spacial score (nSPS) is 10.1. The summed E-state index contributed by atoms with van der Waals surface area (Å²) < 4.78 is 23.9. The van der Waals surface area contributed by atoms with Gasteiger partial charge in [-0.15, -0.1) is 0 Å². The maximum Gasteiger partial charge on any atom is 0.339 e. The van der Waals surface area contributed by atoms with E-state index in [2.05, 4.69) is 6.58 Å². The van der Waals surface area contributed by atoms with E-state index >= 15 is 0 Å². The number of benzene rings is 1. The molecule has 57 valence electrons. The van der Waals surface area contributed by atoms with Crippen molar-refractivity contribution in [1.82, 2.24) is 0 Å². The van der Waals surface area contributed by atoms with Gasteiger partial charge < -0.3 is 0 Å². The third kappa shape index (κ3) is 1.87. The summed E-state index contributed by atoms with van der Waals surface area (Å²) in [5, 5.41) is 0. The van der Waals surface area contributed by atoms with E-state index < -0.39 is 6.43 Å². The van der Waals surface area contributed by atoms with Crippen LogP contribution < -0.4 is 0 Å². The molecule has 0 N–H and O–H groups in total. The average molecular weight is 153 g/mol.